The van der Waals surface area contributed by atoms with Crippen LogP contribution in [0.5, 0.6) is 0 Å². The van der Waals surface area contributed by atoms with Crippen LogP contribution in [0, 0.1) is 0 Å². The summed E-state index contributed by atoms with van der Waals surface area (Å²) in [6.07, 6.45) is 0. The maximum atomic E-state index is 3.86. The summed E-state index contributed by atoms with van der Waals surface area (Å²) in [7, 11) is 0. The third kappa shape index (κ3) is 1.55. The molecule has 0 aromatic carbocycles. The smallest absolute Gasteiger partial charge is 0.210 e. The highest BCUT2D eigenvalue weighted by molar-refractivity contribution is 7.16. The summed E-state index contributed by atoms with van der Waals surface area (Å²) in [6.45, 7) is 0. The molecule has 0 saturated heterocycles. The maximum absolute atomic E-state index is 3.86. The van der Waals surface area contributed by atoms with E-state index in [1.54, 1.807) is 16.8 Å². The molecule has 0 aliphatic rings. The van der Waals surface area contributed by atoms with Crippen molar-refractivity contribution in [1.29, 1.82) is 0 Å². The van der Waals surface area contributed by atoms with Crippen LogP contribution in [0.3, 0.4) is 0 Å². The lowest BCUT2D eigenvalue weighted by Crippen LogP contribution is -1.84. The SMILES string of the molecule is c1csc(Nc2nncs2)c1. The van der Waals surface area contributed by atoms with Crippen LogP contribution in [0.15, 0.2) is 23.0 Å². The van der Waals surface area contributed by atoms with E-state index in [9.17, 15) is 0 Å². The molecule has 0 amide bonds. The standard InChI is InChI=1S/C6H5N3S2/c1-2-5(10-3-1)8-6-9-7-4-11-6/h1-4H,(H,8,9). The molecule has 11 heavy (non-hydrogen) atoms. The van der Waals surface area contributed by atoms with E-state index in [4.69, 9.17) is 0 Å². The van der Waals surface area contributed by atoms with E-state index in [0.717, 1.165) is 10.1 Å². The van der Waals surface area contributed by atoms with Crippen molar-refractivity contribution in [1.82, 2.24) is 10.2 Å². The molecule has 2 heterocycles. The summed E-state index contributed by atoms with van der Waals surface area (Å²) >= 11 is 3.14. The van der Waals surface area contributed by atoms with Crippen molar-refractivity contribution in [3.8, 4) is 0 Å². The van der Waals surface area contributed by atoms with Gasteiger partial charge in [0.2, 0.25) is 5.13 Å². The fraction of sp³-hybridized carbons (Fsp3) is 0. The van der Waals surface area contributed by atoms with Crippen LogP contribution in [0.2, 0.25) is 0 Å². The fourth-order valence-electron chi connectivity index (χ4n) is 0.683. The van der Waals surface area contributed by atoms with E-state index in [2.05, 4.69) is 15.5 Å². The van der Waals surface area contributed by atoms with Crippen molar-refractivity contribution < 1.29 is 0 Å². The first-order chi connectivity index (χ1) is 5.45. The van der Waals surface area contributed by atoms with Crippen molar-refractivity contribution in [2.24, 2.45) is 0 Å². The predicted molar refractivity (Wildman–Crippen MR) is 47.5 cm³/mol. The normalized spacial score (nSPS) is 9.82. The van der Waals surface area contributed by atoms with Crippen molar-refractivity contribution in [2.75, 3.05) is 5.32 Å². The molecular formula is C6H5N3S2. The molecule has 0 atom stereocenters. The van der Waals surface area contributed by atoms with Gasteiger partial charge in [0.15, 0.2) is 0 Å². The number of nitrogens with zero attached hydrogens (tertiary/aromatic N) is 2. The summed E-state index contributed by atoms with van der Waals surface area (Å²) in [5.41, 5.74) is 1.70. The van der Waals surface area contributed by atoms with Gasteiger partial charge in [0.1, 0.15) is 5.51 Å². The molecule has 3 nitrogen and oxygen atoms in total. The molecule has 0 fully saturated rings. The molecule has 2 rings (SSSR count). The van der Waals surface area contributed by atoms with Gasteiger partial charge in [-0.25, -0.2) is 0 Å². The highest BCUT2D eigenvalue weighted by Crippen LogP contribution is 2.21. The molecule has 56 valence electrons. The molecular weight excluding hydrogens is 178 g/mol. The Morgan fingerprint density at radius 1 is 1.36 bits per heavy atom. The zero-order valence-corrected chi connectivity index (χ0v) is 7.15. The molecule has 0 aliphatic carbocycles. The predicted octanol–water partition coefficient (Wildman–Crippen LogP) is 2.34. The van der Waals surface area contributed by atoms with E-state index < -0.39 is 0 Å². The second kappa shape index (κ2) is 2.98. The topological polar surface area (TPSA) is 37.8 Å². The monoisotopic (exact) mass is 183 g/mol. The second-order valence-electron chi connectivity index (χ2n) is 1.85. The third-order valence-electron chi connectivity index (χ3n) is 1.11. The first-order valence-electron chi connectivity index (χ1n) is 3.02. The van der Waals surface area contributed by atoms with Gasteiger partial charge in [0.05, 0.1) is 5.00 Å². The van der Waals surface area contributed by atoms with E-state index in [1.807, 2.05) is 17.5 Å². The zero-order chi connectivity index (χ0) is 7.52. The van der Waals surface area contributed by atoms with Gasteiger partial charge in [-0.05, 0) is 17.5 Å². The van der Waals surface area contributed by atoms with Crippen molar-refractivity contribution >= 4 is 32.8 Å². The molecule has 0 spiro atoms. The molecule has 0 unspecified atom stereocenters. The van der Waals surface area contributed by atoms with Crippen molar-refractivity contribution in [3.63, 3.8) is 0 Å². The molecule has 0 radical (unpaired) electrons. The summed E-state index contributed by atoms with van der Waals surface area (Å²) < 4.78 is 0. The highest BCUT2D eigenvalue weighted by atomic mass is 32.1. The first-order valence-corrected chi connectivity index (χ1v) is 4.78. The van der Waals surface area contributed by atoms with Crippen molar-refractivity contribution in [3.05, 3.63) is 23.0 Å². The molecule has 1 N–H and O–H groups in total. The van der Waals surface area contributed by atoms with Crippen LogP contribution < -0.4 is 5.32 Å². The molecule has 2 aromatic heterocycles. The number of anilines is 2. The van der Waals surface area contributed by atoms with E-state index >= 15 is 0 Å². The van der Waals surface area contributed by atoms with Crippen molar-refractivity contribution in [2.45, 2.75) is 0 Å². The third-order valence-corrected chi connectivity index (χ3v) is 2.50. The molecule has 0 bridgehead atoms. The Morgan fingerprint density at radius 2 is 2.36 bits per heavy atom. The summed E-state index contributed by atoms with van der Waals surface area (Å²) in [6, 6.07) is 4.00. The quantitative estimate of drug-likeness (QED) is 0.776. The first kappa shape index (κ1) is 6.75. The van der Waals surface area contributed by atoms with Gasteiger partial charge in [-0.15, -0.1) is 21.5 Å². The number of hydrogen-bond donors (Lipinski definition) is 1. The van der Waals surface area contributed by atoms with E-state index in [1.165, 1.54) is 11.3 Å². The maximum Gasteiger partial charge on any atom is 0.210 e. The lowest BCUT2D eigenvalue weighted by Gasteiger charge is -1.93. The molecule has 5 heteroatoms. The van der Waals surface area contributed by atoms with E-state index in [-0.39, 0.29) is 0 Å². The Kier molecular flexibility index (Phi) is 1.83. The highest BCUT2D eigenvalue weighted by Gasteiger charge is 1.96. The summed E-state index contributed by atoms with van der Waals surface area (Å²) in [5, 5.41) is 14.7. The fourth-order valence-corrected chi connectivity index (χ4v) is 1.82. The van der Waals surface area contributed by atoms with Crippen LogP contribution in [0.1, 0.15) is 0 Å². The average molecular weight is 183 g/mol. The van der Waals surface area contributed by atoms with Gasteiger partial charge in [-0.1, -0.05) is 11.3 Å². The Labute approximate surface area is 71.7 Å². The number of rotatable bonds is 2. The van der Waals surface area contributed by atoms with Gasteiger partial charge < -0.3 is 5.32 Å². The van der Waals surface area contributed by atoms with Crippen LogP contribution in [0.4, 0.5) is 10.1 Å². The summed E-state index contributed by atoms with van der Waals surface area (Å²) in [4.78, 5) is 0. The van der Waals surface area contributed by atoms with Crippen LogP contribution >= 0.6 is 22.7 Å². The second-order valence-corrected chi connectivity index (χ2v) is 3.63. The number of nitrogens with one attached hydrogen (secondary N) is 1. The Bertz CT molecular complexity index is 268. The Morgan fingerprint density at radius 3 is 3.00 bits per heavy atom. The minimum Gasteiger partial charge on any atom is -0.322 e. The van der Waals surface area contributed by atoms with Crippen LogP contribution in [-0.2, 0) is 0 Å². The Hall–Kier alpha value is -0.940. The van der Waals surface area contributed by atoms with E-state index in [0.29, 0.717) is 0 Å². The van der Waals surface area contributed by atoms with Crippen LogP contribution in [0.25, 0.3) is 0 Å². The van der Waals surface area contributed by atoms with Gasteiger partial charge in [-0.3, -0.25) is 0 Å². The zero-order valence-electron chi connectivity index (χ0n) is 5.52. The van der Waals surface area contributed by atoms with Gasteiger partial charge in [-0.2, -0.15) is 0 Å². The van der Waals surface area contributed by atoms with Crippen LogP contribution in [-0.4, -0.2) is 10.2 Å². The van der Waals surface area contributed by atoms with Gasteiger partial charge in [0, 0.05) is 0 Å². The minimum absolute atomic E-state index is 0.840. The average Bonchev–Trinajstić information content (AvgIpc) is 2.60. The van der Waals surface area contributed by atoms with Gasteiger partial charge >= 0.3 is 0 Å². The summed E-state index contributed by atoms with van der Waals surface area (Å²) in [5.74, 6) is 0. The minimum atomic E-state index is 0.840. The largest absolute Gasteiger partial charge is 0.322 e. The molecule has 0 saturated carbocycles. The lowest BCUT2D eigenvalue weighted by atomic mass is 10.6. The molecule has 2 aromatic rings. The molecule has 0 aliphatic heterocycles. The Balaban J connectivity index is 2.14. The number of aromatic nitrogens is 2. The lowest BCUT2D eigenvalue weighted by molar-refractivity contribution is 1.09. The number of hydrogen-bond acceptors (Lipinski definition) is 5. The number of thiophene rings is 1. The van der Waals surface area contributed by atoms with Gasteiger partial charge in [0.25, 0.3) is 0 Å².